The second kappa shape index (κ2) is 6.91. The SMILES string of the molecule is CC(C)N(CC/C(N)=N/O)Cc1ccccc1. The Labute approximate surface area is 103 Å². The lowest BCUT2D eigenvalue weighted by molar-refractivity contribution is 0.218. The molecule has 0 saturated carbocycles. The van der Waals surface area contributed by atoms with Crippen LogP contribution in [0, 0.1) is 0 Å². The number of benzene rings is 1. The average molecular weight is 235 g/mol. The third-order valence-corrected chi connectivity index (χ3v) is 2.74. The van der Waals surface area contributed by atoms with Crippen molar-refractivity contribution in [1.29, 1.82) is 0 Å². The maximum atomic E-state index is 8.52. The van der Waals surface area contributed by atoms with E-state index in [1.54, 1.807) is 0 Å². The molecule has 0 aliphatic rings. The Morgan fingerprint density at radius 3 is 2.53 bits per heavy atom. The van der Waals surface area contributed by atoms with E-state index in [2.05, 4.69) is 36.0 Å². The summed E-state index contributed by atoms with van der Waals surface area (Å²) in [6.45, 7) is 5.98. The number of nitrogens with two attached hydrogens (primary N) is 1. The van der Waals surface area contributed by atoms with Crippen molar-refractivity contribution < 1.29 is 5.21 Å². The second-order valence-electron chi connectivity index (χ2n) is 4.39. The van der Waals surface area contributed by atoms with Gasteiger partial charge in [0, 0.05) is 25.6 Å². The highest BCUT2D eigenvalue weighted by molar-refractivity contribution is 5.79. The molecule has 0 radical (unpaired) electrons. The first-order valence-electron chi connectivity index (χ1n) is 5.88. The molecule has 3 N–H and O–H groups in total. The molecule has 0 aliphatic heterocycles. The Morgan fingerprint density at radius 1 is 1.35 bits per heavy atom. The lowest BCUT2D eigenvalue weighted by Gasteiger charge is -2.26. The number of amidine groups is 1. The van der Waals surface area contributed by atoms with E-state index in [-0.39, 0.29) is 5.84 Å². The Balaban J connectivity index is 2.55. The van der Waals surface area contributed by atoms with Crippen molar-refractivity contribution in [1.82, 2.24) is 4.90 Å². The third kappa shape index (κ3) is 4.87. The van der Waals surface area contributed by atoms with E-state index in [0.29, 0.717) is 12.5 Å². The first-order valence-corrected chi connectivity index (χ1v) is 5.88. The summed E-state index contributed by atoms with van der Waals surface area (Å²) in [6.07, 6.45) is 0.585. The van der Waals surface area contributed by atoms with E-state index in [9.17, 15) is 0 Å². The summed E-state index contributed by atoms with van der Waals surface area (Å²) in [5, 5.41) is 11.5. The highest BCUT2D eigenvalue weighted by atomic mass is 16.4. The first kappa shape index (κ1) is 13.5. The molecule has 0 aromatic heterocycles. The molecule has 0 fully saturated rings. The van der Waals surface area contributed by atoms with Gasteiger partial charge in [-0.05, 0) is 19.4 Å². The van der Waals surface area contributed by atoms with Crippen LogP contribution in [0.3, 0.4) is 0 Å². The molecule has 94 valence electrons. The molecule has 1 aromatic rings. The fraction of sp³-hybridized carbons (Fsp3) is 0.462. The van der Waals surface area contributed by atoms with Crippen LogP contribution in [-0.4, -0.2) is 28.5 Å². The van der Waals surface area contributed by atoms with E-state index in [1.807, 2.05) is 18.2 Å². The topological polar surface area (TPSA) is 61.8 Å². The largest absolute Gasteiger partial charge is 0.409 e. The zero-order chi connectivity index (χ0) is 12.7. The Kier molecular flexibility index (Phi) is 5.49. The van der Waals surface area contributed by atoms with Gasteiger partial charge in [-0.25, -0.2) is 0 Å². The Hall–Kier alpha value is -1.55. The van der Waals surface area contributed by atoms with Crippen LogP contribution in [-0.2, 0) is 6.54 Å². The molecule has 17 heavy (non-hydrogen) atoms. The molecule has 0 heterocycles. The molecule has 0 amide bonds. The highest BCUT2D eigenvalue weighted by Gasteiger charge is 2.10. The van der Waals surface area contributed by atoms with Crippen molar-refractivity contribution in [3.8, 4) is 0 Å². The van der Waals surface area contributed by atoms with Crippen molar-refractivity contribution in [3.63, 3.8) is 0 Å². The van der Waals surface area contributed by atoms with E-state index in [4.69, 9.17) is 10.9 Å². The second-order valence-corrected chi connectivity index (χ2v) is 4.39. The van der Waals surface area contributed by atoms with Gasteiger partial charge in [0.15, 0.2) is 0 Å². The zero-order valence-electron chi connectivity index (χ0n) is 10.5. The minimum absolute atomic E-state index is 0.281. The van der Waals surface area contributed by atoms with Gasteiger partial charge in [-0.1, -0.05) is 35.5 Å². The lowest BCUT2D eigenvalue weighted by Crippen LogP contribution is -2.33. The summed E-state index contributed by atoms with van der Waals surface area (Å²) in [6, 6.07) is 10.7. The van der Waals surface area contributed by atoms with Crippen molar-refractivity contribution >= 4 is 5.84 Å². The molecular weight excluding hydrogens is 214 g/mol. The monoisotopic (exact) mass is 235 g/mol. The van der Waals surface area contributed by atoms with Crippen LogP contribution < -0.4 is 5.73 Å². The Morgan fingerprint density at radius 2 is 2.00 bits per heavy atom. The van der Waals surface area contributed by atoms with Gasteiger partial charge in [0.1, 0.15) is 5.84 Å². The van der Waals surface area contributed by atoms with E-state index in [1.165, 1.54) is 5.56 Å². The molecular formula is C13H21N3O. The van der Waals surface area contributed by atoms with E-state index in [0.717, 1.165) is 13.1 Å². The predicted octanol–water partition coefficient (Wildman–Crippen LogP) is 2.03. The molecule has 0 unspecified atom stereocenters. The maximum Gasteiger partial charge on any atom is 0.140 e. The summed E-state index contributed by atoms with van der Waals surface area (Å²) in [5.41, 5.74) is 6.77. The Bertz CT molecular complexity index is 349. The van der Waals surface area contributed by atoms with Crippen molar-refractivity contribution in [2.24, 2.45) is 10.9 Å². The summed E-state index contributed by atoms with van der Waals surface area (Å²) in [4.78, 5) is 2.30. The van der Waals surface area contributed by atoms with E-state index < -0.39 is 0 Å². The van der Waals surface area contributed by atoms with Gasteiger partial charge in [-0.3, -0.25) is 4.90 Å². The molecule has 0 aliphatic carbocycles. The molecule has 0 bridgehead atoms. The van der Waals surface area contributed by atoms with Crippen molar-refractivity contribution in [2.75, 3.05) is 6.54 Å². The molecule has 4 heteroatoms. The minimum Gasteiger partial charge on any atom is -0.409 e. The average Bonchev–Trinajstić information content (AvgIpc) is 2.34. The number of hydrogen-bond acceptors (Lipinski definition) is 3. The minimum atomic E-state index is 0.281. The molecule has 0 spiro atoms. The quantitative estimate of drug-likeness (QED) is 0.343. The van der Waals surface area contributed by atoms with Crippen LogP contribution in [0.5, 0.6) is 0 Å². The van der Waals surface area contributed by atoms with Crippen molar-refractivity contribution in [2.45, 2.75) is 32.9 Å². The normalized spacial score (nSPS) is 12.4. The van der Waals surface area contributed by atoms with Crippen LogP contribution in [0.2, 0.25) is 0 Å². The van der Waals surface area contributed by atoms with Gasteiger partial charge >= 0.3 is 0 Å². The summed E-state index contributed by atoms with van der Waals surface area (Å²) in [7, 11) is 0. The fourth-order valence-electron chi connectivity index (χ4n) is 1.65. The third-order valence-electron chi connectivity index (χ3n) is 2.74. The van der Waals surface area contributed by atoms with Gasteiger partial charge in [0.05, 0.1) is 0 Å². The predicted molar refractivity (Wildman–Crippen MR) is 70.0 cm³/mol. The van der Waals surface area contributed by atoms with Crippen LogP contribution in [0.15, 0.2) is 35.5 Å². The highest BCUT2D eigenvalue weighted by Crippen LogP contribution is 2.08. The van der Waals surface area contributed by atoms with Crippen LogP contribution in [0.25, 0.3) is 0 Å². The molecule has 4 nitrogen and oxygen atoms in total. The van der Waals surface area contributed by atoms with Crippen molar-refractivity contribution in [3.05, 3.63) is 35.9 Å². The molecule has 1 aromatic carbocycles. The van der Waals surface area contributed by atoms with E-state index >= 15 is 0 Å². The van der Waals surface area contributed by atoms with Crippen LogP contribution in [0.4, 0.5) is 0 Å². The fourth-order valence-corrected chi connectivity index (χ4v) is 1.65. The van der Waals surface area contributed by atoms with Gasteiger partial charge < -0.3 is 10.9 Å². The summed E-state index contributed by atoms with van der Waals surface area (Å²) in [5.74, 6) is 0.281. The summed E-state index contributed by atoms with van der Waals surface area (Å²) < 4.78 is 0. The maximum absolute atomic E-state index is 8.52. The van der Waals surface area contributed by atoms with Gasteiger partial charge in [-0.15, -0.1) is 0 Å². The number of oxime groups is 1. The lowest BCUT2D eigenvalue weighted by atomic mass is 10.2. The summed E-state index contributed by atoms with van der Waals surface area (Å²) >= 11 is 0. The molecule has 0 atom stereocenters. The van der Waals surface area contributed by atoms with Gasteiger partial charge in [0.2, 0.25) is 0 Å². The van der Waals surface area contributed by atoms with Crippen LogP contribution in [0.1, 0.15) is 25.8 Å². The molecule has 1 rings (SSSR count). The van der Waals surface area contributed by atoms with Gasteiger partial charge in [-0.2, -0.15) is 0 Å². The first-order chi connectivity index (χ1) is 8.13. The standard InChI is InChI=1S/C13H21N3O/c1-11(2)16(9-8-13(14)15-17)10-12-6-4-3-5-7-12/h3-7,11,17H,8-10H2,1-2H3,(H2,14,15). The smallest absolute Gasteiger partial charge is 0.140 e. The van der Waals surface area contributed by atoms with Gasteiger partial charge in [0.25, 0.3) is 0 Å². The molecule has 0 saturated heterocycles. The van der Waals surface area contributed by atoms with Crippen LogP contribution >= 0.6 is 0 Å². The number of nitrogens with zero attached hydrogens (tertiary/aromatic N) is 2. The number of rotatable bonds is 6. The zero-order valence-corrected chi connectivity index (χ0v) is 10.5. The number of hydrogen-bond donors (Lipinski definition) is 2.